The van der Waals surface area contributed by atoms with Crippen molar-refractivity contribution in [3.63, 3.8) is 0 Å². The van der Waals surface area contributed by atoms with Gasteiger partial charge in [-0.1, -0.05) is 60.7 Å². The smallest absolute Gasteiger partial charge is 0.228 e. The molecule has 2 amide bonds. The van der Waals surface area contributed by atoms with Crippen molar-refractivity contribution < 1.29 is 18.0 Å². The van der Waals surface area contributed by atoms with Gasteiger partial charge >= 0.3 is 0 Å². The van der Waals surface area contributed by atoms with Crippen molar-refractivity contribution in [2.24, 2.45) is 0 Å². The molecule has 0 aliphatic rings. The Morgan fingerprint density at radius 3 is 1.20 bits per heavy atom. The average Bonchev–Trinajstić information content (AvgIpc) is 2.86. The average molecular weight is 485 g/mol. The van der Waals surface area contributed by atoms with Gasteiger partial charge in [0.05, 0.1) is 22.6 Å². The summed E-state index contributed by atoms with van der Waals surface area (Å²) in [6.07, 6.45) is 0.463. The van der Waals surface area contributed by atoms with E-state index in [-0.39, 0.29) is 34.4 Å². The number of hydrogen-bond acceptors (Lipinski definition) is 4. The van der Waals surface area contributed by atoms with Gasteiger partial charge in [0.2, 0.25) is 21.7 Å². The summed E-state index contributed by atoms with van der Waals surface area (Å²) in [5.41, 5.74) is 2.82. The number of amides is 2. The number of anilines is 2. The molecule has 0 fully saturated rings. The lowest BCUT2D eigenvalue weighted by atomic mass is 10.1. The van der Waals surface area contributed by atoms with Gasteiger partial charge in [0.1, 0.15) is 0 Å². The van der Waals surface area contributed by atoms with Crippen LogP contribution in [0.3, 0.4) is 0 Å². The number of rotatable bonds is 8. The summed E-state index contributed by atoms with van der Waals surface area (Å²) >= 11 is 0. The molecule has 0 aromatic heterocycles. The van der Waals surface area contributed by atoms with E-state index < -0.39 is 9.84 Å². The molecule has 0 bridgehead atoms. The number of carbonyl (C=O) groups is 2. The van der Waals surface area contributed by atoms with E-state index in [9.17, 15) is 18.0 Å². The van der Waals surface area contributed by atoms with Gasteiger partial charge < -0.3 is 10.6 Å². The zero-order chi connectivity index (χ0) is 24.7. The molecule has 0 atom stereocenters. The van der Waals surface area contributed by atoms with E-state index in [0.29, 0.717) is 11.4 Å². The molecule has 0 spiro atoms. The maximum absolute atomic E-state index is 13.0. The maximum Gasteiger partial charge on any atom is 0.228 e. The highest BCUT2D eigenvalue weighted by Gasteiger charge is 2.18. The van der Waals surface area contributed by atoms with Gasteiger partial charge in [0.15, 0.2) is 0 Å². The topological polar surface area (TPSA) is 92.3 Å². The summed E-state index contributed by atoms with van der Waals surface area (Å²) in [6, 6.07) is 30.8. The normalized spacial score (nSPS) is 11.0. The van der Waals surface area contributed by atoms with Crippen LogP contribution in [0.15, 0.2) is 119 Å². The third kappa shape index (κ3) is 6.43. The third-order valence-electron chi connectivity index (χ3n) is 5.31. The van der Waals surface area contributed by atoms with Crippen LogP contribution in [0.1, 0.15) is 11.1 Å². The molecule has 0 radical (unpaired) electrons. The van der Waals surface area contributed by atoms with Gasteiger partial charge in [-0.05, 0) is 59.7 Å². The van der Waals surface area contributed by atoms with E-state index in [4.69, 9.17) is 0 Å². The fraction of sp³-hybridized carbons (Fsp3) is 0.0714. The largest absolute Gasteiger partial charge is 0.326 e. The lowest BCUT2D eigenvalue weighted by Crippen LogP contribution is -2.14. The maximum atomic E-state index is 13.0. The molecule has 2 N–H and O–H groups in total. The molecule has 35 heavy (non-hydrogen) atoms. The first kappa shape index (κ1) is 23.9. The van der Waals surface area contributed by atoms with Crippen LogP contribution in [0.5, 0.6) is 0 Å². The van der Waals surface area contributed by atoms with Crippen molar-refractivity contribution in [1.82, 2.24) is 0 Å². The summed E-state index contributed by atoms with van der Waals surface area (Å²) in [6.45, 7) is 0. The van der Waals surface area contributed by atoms with Gasteiger partial charge in [-0.2, -0.15) is 0 Å². The third-order valence-corrected chi connectivity index (χ3v) is 7.10. The van der Waals surface area contributed by atoms with Crippen LogP contribution < -0.4 is 10.6 Å². The van der Waals surface area contributed by atoms with Crippen molar-refractivity contribution in [3.05, 3.63) is 120 Å². The van der Waals surface area contributed by atoms with Crippen molar-refractivity contribution in [2.45, 2.75) is 22.6 Å². The Morgan fingerprint density at radius 1 is 0.514 bits per heavy atom. The minimum Gasteiger partial charge on any atom is -0.326 e. The molecule has 4 aromatic carbocycles. The van der Waals surface area contributed by atoms with Crippen LogP contribution in [0.4, 0.5) is 11.4 Å². The van der Waals surface area contributed by atoms with Crippen LogP contribution in [0.25, 0.3) is 0 Å². The lowest BCUT2D eigenvalue weighted by molar-refractivity contribution is -0.116. The standard InChI is InChI=1S/C28H24N2O4S/c31-27(19-21-7-3-1-4-8-21)29-23-11-15-25(16-12-23)35(33,34)26-17-13-24(14-18-26)30-28(32)20-22-9-5-2-6-10-22/h1-18H,19-20H2,(H,29,31)(H,30,32). The molecule has 0 aliphatic heterocycles. The molecule has 0 aliphatic carbocycles. The highest BCUT2D eigenvalue weighted by molar-refractivity contribution is 7.91. The molecule has 0 heterocycles. The SMILES string of the molecule is O=C(Cc1ccccc1)Nc1ccc(S(=O)(=O)c2ccc(NC(=O)Cc3ccccc3)cc2)cc1. The van der Waals surface area contributed by atoms with Crippen LogP contribution in [0, 0.1) is 0 Å². The molecular formula is C28H24N2O4S. The Hall–Kier alpha value is -4.23. The summed E-state index contributed by atoms with van der Waals surface area (Å²) in [5, 5.41) is 5.56. The molecule has 4 aromatic rings. The zero-order valence-electron chi connectivity index (χ0n) is 18.8. The molecule has 7 heteroatoms. The van der Waals surface area contributed by atoms with E-state index >= 15 is 0 Å². The second-order valence-electron chi connectivity index (χ2n) is 7.97. The van der Waals surface area contributed by atoms with Gasteiger partial charge in [-0.3, -0.25) is 9.59 Å². The minimum absolute atomic E-state index is 0.111. The van der Waals surface area contributed by atoms with Crippen molar-refractivity contribution in [2.75, 3.05) is 10.6 Å². The zero-order valence-corrected chi connectivity index (χ0v) is 19.7. The van der Waals surface area contributed by atoms with Crippen LogP contribution in [-0.2, 0) is 32.3 Å². The van der Waals surface area contributed by atoms with E-state index in [1.54, 1.807) is 24.3 Å². The summed E-state index contributed by atoms with van der Waals surface area (Å²) in [4.78, 5) is 24.7. The van der Waals surface area contributed by atoms with Crippen LogP contribution in [0.2, 0.25) is 0 Å². The van der Waals surface area contributed by atoms with E-state index in [1.807, 2.05) is 60.7 Å². The number of sulfone groups is 1. The van der Waals surface area contributed by atoms with Crippen molar-refractivity contribution in [1.29, 1.82) is 0 Å². The summed E-state index contributed by atoms with van der Waals surface area (Å²) < 4.78 is 26.0. The second kappa shape index (κ2) is 10.8. The van der Waals surface area contributed by atoms with Gasteiger partial charge in [0.25, 0.3) is 0 Å². The Morgan fingerprint density at radius 2 is 0.857 bits per heavy atom. The van der Waals surface area contributed by atoms with Crippen molar-refractivity contribution >= 4 is 33.0 Å². The predicted molar refractivity (Wildman–Crippen MR) is 136 cm³/mol. The summed E-state index contributed by atoms with van der Waals surface area (Å²) in [5.74, 6) is -0.367. The van der Waals surface area contributed by atoms with E-state index in [0.717, 1.165) is 11.1 Å². The summed E-state index contributed by atoms with van der Waals surface area (Å²) in [7, 11) is -3.75. The molecular weight excluding hydrogens is 460 g/mol. The number of benzene rings is 4. The first-order valence-corrected chi connectivity index (χ1v) is 12.5. The van der Waals surface area contributed by atoms with Gasteiger partial charge in [0, 0.05) is 11.4 Å². The highest BCUT2D eigenvalue weighted by Crippen LogP contribution is 2.24. The first-order valence-electron chi connectivity index (χ1n) is 11.0. The van der Waals surface area contributed by atoms with Crippen LogP contribution in [-0.4, -0.2) is 20.2 Å². The highest BCUT2D eigenvalue weighted by atomic mass is 32.2. The van der Waals surface area contributed by atoms with E-state index in [1.165, 1.54) is 24.3 Å². The fourth-order valence-corrected chi connectivity index (χ4v) is 4.80. The molecule has 4 rings (SSSR count). The molecule has 0 saturated carbocycles. The fourth-order valence-electron chi connectivity index (χ4n) is 3.54. The lowest BCUT2D eigenvalue weighted by Gasteiger charge is -2.09. The first-order chi connectivity index (χ1) is 16.9. The molecule has 0 saturated heterocycles. The monoisotopic (exact) mass is 484 g/mol. The predicted octanol–water partition coefficient (Wildman–Crippen LogP) is 4.88. The quantitative estimate of drug-likeness (QED) is 0.373. The number of nitrogens with one attached hydrogen (secondary N) is 2. The van der Waals surface area contributed by atoms with Gasteiger partial charge in [-0.15, -0.1) is 0 Å². The minimum atomic E-state index is -3.75. The molecule has 6 nitrogen and oxygen atoms in total. The number of hydrogen-bond donors (Lipinski definition) is 2. The van der Waals surface area contributed by atoms with Crippen LogP contribution >= 0.6 is 0 Å². The Bertz CT molecular complexity index is 1300. The molecule has 0 unspecified atom stereocenters. The Kier molecular flexibility index (Phi) is 7.38. The van der Waals surface area contributed by atoms with E-state index in [2.05, 4.69) is 10.6 Å². The second-order valence-corrected chi connectivity index (χ2v) is 9.92. The Balaban J connectivity index is 1.38. The Labute approximate surface area is 204 Å². The van der Waals surface area contributed by atoms with Gasteiger partial charge in [-0.25, -0.2) is 8.42 Å². The molecule has 176 valence electrons. The van der Waals surface area contributed by atoms with Crippen molar-refractivity contribution in [3.8, 4) is 0 Å². The number of carbonyl (C=O) groups excluding carboxylic acids is 2.